The molecule has 5 nitrogen and oxygen atoms in total. The molecule has 0 fully saturated rings. The number of nitrogens with zero attached hydrogens (tertiary/aromatic N) is 2. The Morgan fingerprint density at radius 3 is 2.39 bits per heavy atom. The molecule has 2 rings (SSSR count). The lowest BCUT2D eigenvalue weighted by molar-refractivity contribution is -0.141. The van der Waals surface area contributed by atoms with Crippen molar-refractivity contribution < 1.29 is 22.7 Å². The summed E-state index contributed by atoms with van der Waals surface area (Å²) in [5.41, 5.74) is -1.37. The van der Waals surface area contributed by atoms with Crippen molar-refractivity contribution >= 4 is 11.6 Å². The summed E-state index contributed by atoms with van der Waals surface area (Å²) in [6.45, 7) is 3.74. The van der Waals surface area contributed by atoms with Crippen LogP contribution in [-0.4, -0.2) is 21.8 Å². The van der Waals surface area contributed by atoms with Crippen molar-refractivity contribution in [3.8, 4) is 5.75 Å². The lowest BCUT2D eigenvalue weighted by Crippen LogP contribution is -2.17. The van der Waals surface area contributed by atoms with Crippen LogP contribution in [0.5, 0.6) is 5.75 Å². The number of anilines is 1. The molecule has 0 radical (unpaired) electrons. The molecule has 0 aliphatic rings. The Kier molecular flexibility index (Phi) is 4.63. The van der Waals surface area contributed by atoms with Crippen molar-refractivity contribution in [3.05, 3.63) is 41.7 Å². The zero-order valence-electron chi connectivity index (χ0n) is 12.8. The SMILES string of the molecule is CC(C)Oc1ccc(NC(=O)c2cn(C)nc2C(F)(F)F)cc1. The van der Waals surface area contributed by atoms with Crippen LogP contribution >= 0.6 is 0 Å². The highest BCUT2D eigenvalue weighted by Gasteiger charge is 2.38. The minimum Gasteiger partial charge on any atom is -0.491 e. The van der Waals surface area contributed by atoms with E-state index in [0.29, 0.717) is 11.4 Å². The third-order valence-corrected chi connectivity index (χ3v) is 2.83. The number of alkyl halides is 3. The summed E-state index contributed by atoms with van der Waals surface area (Å²) < 4.78 is 45.0. The van der Waals surface area contributed by atoms with Gasteiger partial charge in [0.1, 0.15) is 5.75 Å². The first-order chi connectivity index (χ1) is 10.7. The molecule has 8 heteroatoms. The van der Waals surface area contributed by atoms with E-state index in [-0.39, 0.29) is 6.10 Å². The summed E-state index contributed by atoms with van der Waals surface area (Å²) >= 11 is 0. The monoisotopic (exact) mass is 327 g/mol. The minimum atomic E-state index is -4.69. The number of benzene rings is 1. The normalized spacial score (nSPS) is 11.6. The van der Waals surface area contributed by atoms with Crippen LogP contribution in [0.15, 0.2) is 30.5 Å². The second kappa shape index (κ2) is 6.31. The maximum atomic E-state index is 12.9. The van der Waals surface area contributed by atoms with Crippen molar-refractivity contribution in [1.82, 2.24) is 9.78 Å². The highest BCUT2D eigenvalue weighted by molar-refractivity contribution is 6.05. The van der Waals surface area contributed by atoms with E-state index in [1.165, 1.54) is 7.05 Å². The number of hydrogen-bond acceptors (Lipinski definition) is 3. The molecule has 1 N–H and O–H groups in total. The van der Waals surface area contributed by atoms with Gasteiger partial charge in [-0.2, -0.15) is 18.3 Å². The maximum absolute atomic E-state index is 12.9. The first-order valence-corrected chi connectivity index (χ1v) is 6.85. The number of carbonyl (C=O) groups is 1. The lowest BCUT2D eigenvalue weighted by Gasteiger charge is -2.11. The number of aryl methyl sites for hydroxylation is 1. The van der Waals surface area contributed by atoms with Crippen LogP contribution in [0.1, 0.15) is 29.9 Å². The van der Waals surface area contributed by atoms with Crippen LogP contribution in [0.25, 0.3) is 0 Å². The molecule has 23 heavy (non-hydrogen) atoms. The van der Waals surface area contributed by atoms with E-state index in [0.717, 1.165) is 10.9 Å². The molecule has 1 heterocycles. The smallest absolute Gasteiger partial charge is 0.435 e. The van der Waals surface area contributed by atoms with Gasteiger partial charge in [0.15, 0.2) is 5.69 Å². The fourth-order valence-corrected chi connectivity index (χ4v) is 1.95. The quantitative estimate of drug-likeness (QED) is 0.935. The Balaban J connectivity index is 2.16. The number of hydrogen-bond donors (Lipinski definition) is 1. The molecule has 0 aliphatic heterocycles. The Morgan fingerprint density at radius 2 is 1.87 bits per heavy atom. The predicted molar refractivity (Wildman–Crippen MR) is 78.4 cm³/mol. The van der Waals surface area contributed by atoms with Crippen molar-refractivity contribution in [2.45, 2.75) is 26.1 Å². The highest BCUT2D eigenvalue weighted by atomic mass is 19.4. The molecule has 0 aliphatic carbocycles. The maximum Gasteiger partial charge on any atom is 0.435 e. The molecule has 124 valence electrons. The average molecular weight is 327 g/mol. The molecule has 2 aromatic rings. The molecule has 0 bridgehead atoms. The summed E-state index contributed by atoms with van der Waals surface area (Å²) in [6, 6.07) is 6.37. The van der Waals surface area contributed by atoms with E-state index in [1.54, 1.807) is 24.3 Å². The minimum absolute atomic E-state index is 0.000165. The third kappa shape index (κ3) is 4.24. The molecule has 0 saturated heterocycles. The molecule has 0 unspecified atom stereocenters. The van der Waals surface area contributed by atoms with Gasteiger partial charge in [-0.1, -0.05) is 0 Å². The van der Waals surface area contributed by atoms with Gasteiger partial charge in [-0.25, -0.2) is 0 Å². The summed E-state index contributed by atoms with van der Waals surface area (Å²) in [5, 5.41) is 5.72. The van der Waals surface area contributed by atoms with Gasteiger partial charge in [-0.15, -0.1) is 0 Å². The van der Waals surface area contributed by atoms with E-state index in [4.69, 9.17) is 4.74 Å². The van der Waals surface area contributed by atoms with Gasteiger partial charge in [0.2, 0.25) is 0 Å². The second-order valence-corrected chi connectivity index (χ2v) is 5.21. The summed E-state index contributed by atoms with van der Waals surface area (Å²) in [5.74, 6) is -0.265. The van der Waals surface area contributed by atoms with E-state index in [1.807, 2.05) is 13.8 Å². The zero-order chi connectivity index (χ0) is 17.2. The standard InChI is InChI=1S/C15H16F3N3O2/c1-9(2)23-11-6-4-10(5-7-11)19-14(22)12-8-21(3)20-13(12)15(16,17)18/h4-9H,1-3H3,(H,19,22). The van der Waals surface area contributed by atoms with Crippen molar-refractivity contribution in [1.29, 1.82) is 0 Å². The predicted octanol–water partition coefficient (Wildman–Crippen LogP) is 3.48. The van der Waals surface area contributed by atoms with Crippen LogP contribution in [0.4, 0.5) is 18.9 Å². The van der Waals surface area contributed by atoms with Gasteiger partial charge in [0.25, 0.3) is 5.91 Å². The summed E-state index contributed by atoms with van der Waals surface area (Å²) in [7, 11) is 1.32. The number of halogens is 3. The topological polar surface area (TPSA) is 56.1 Å². The van der Waals surface area contributed by atoms with E-state index < -0.39 is 23.3 Å². The number of rotatable bonds is 4. The van der Waals surface area contributed by atoms with Crippen molar-refractivity contribution in [2.24, 2.45) is 7.05 Å². The van der Waals surface area contributed by atoms with Crippen LogP contribution in [0.2, 0.25) is 0 Å². The third-order valence-electron chi connectivity index (χ3n) is 2.83. The number of ether oxygens (including phenoxy) is 1. The molecular weight excluding hydrogens is 311 g/mol. The first kappa shape index (κ1) is 16.9. The second-order valence-electron chi connectivity index (χ2n) is 5.21. The largest absolute Gasteiger partial charge is 0.491 e. The van der Waals surface area contributed by atoms with Gasteiger partial charge in [0, 0.05) is 18.9 Å². The van der Waals surface area contributed by atoms with Gasteiger partial charge in [-0.05, 0) is 38.1 Å². The van der Waals surface area contributed by atoms with Crippen molar-refractivity contribution in [3.63, 3.8) is 0 Å². The molecule has 0 spiro atoms. The first-order valence-electron chi connectivity index (χ1n) is 6.85. The van der Waals surface area contributed by atoms with E-state index in [2.05, 4.69) is 10.4 Å². The van der Waals surface area contributed by atoms with Crippen LogP contribution in [0, 0.1) is 0 Å². The summed E-state index contributed by atoms with van der Waals surface area (Å²) in [6.07, 6.45) is -3.66. The summed E-state index contributed by atoms with van der Waals surface area (Å²) in [4.78, 5) is 12.1. The highest BCUT2D eigenvalue weighted by Crippen LogP contribution is 2.31. The number of aromatic nitrogens is 2. The Labute approximate surface area is 131 Å². The van der Waals surface area contributed by atoms with Crippen LogP contribution < -0.4 is 10.1 Å². The van der Waals surface area contributed by atoms with E-state index >= 15 is 0 Å². The lowest BCUT2D eigenvalue weighted by atomic mass is 10.2. The number of carbonyl (C=O) groups excluding carboxylic acids is 1. The van der Waals surface area contributed by atoms with Gasteiger partial charge < -0.3 is 10.1 Å². The Hall–Kier alpha value is -2.51. The fraction of sp³-hybridized carbons (Fsp3) is 0.333. The van der Waals surface area contributed by atoms with Gasteiger partial charge in [-0.3, -0.25) is 9.48 Å². The fourth-order valence-electron chi connectivity index (χ4n) is 1.95. The Bertz CT molecular complexity index is 691. The number of nitrogens with one attached hydrogen (secondary N) is 1. The van der Waals surface area contributed by atoms with Crippen molar-refractivity contribution in [2.75, 3.05) is 5.32 Å². The van der Waals surface area contributed by atoms with Gasteiger partial charge >= 0.3 is 6.18 Å². The van der Waals surface area contributed by atoms with Crippen LogP contribution in [0.3, 0.4) is 0 Å². The molecule has 1 amide bonds. The van der Waals surface area contributed by atoms with Crippen LogP contribution in [-0.2, 0) is 13.2 Å². The Morgan fingerprint density at radius 1 is 1.26 bits per heavy atom. The zero-order valence-corrected chi connectivity index (χ0v) is 12.8. The number of amides is 1. The molecular formula is C15H16F3N3O2. The molecule has 0 saturated carbocycles. The molecule has 0 atom stereocenters. The van der Waals surface area contributed by atoms with E-state index in [9.17, 15) is 18.0 Å². The molecule has 1 aromatic heterocycles. The molecule has 1 aromatic carbocycles. The van der Waals surface area contributed by atoms with Gasteiger partial charge in [0.05, 0.1) is 11.7 Å². The average Bonchev–Trinajstić information content (AvgIpc) is 2.83.